The van der Waals surface area contributed by atoms with E-state index in [1.54, 1.807) is 0 Å². The molecule has 0 N–H and O–H groups in total. The van der Waals surface area contributed by atoms with Crippen LogP contribution in [0, 0.1) is 0 Å². The first-order valence-corrected chi connectivity index (χ1v) is 11.9. The molecule has 1 aliphatic rings. The van der Waals surface area contributed by atoms with Crippen molar-refractivity contribution in [2.75, 3.05) is 19.6 Å². The van der Waals surface area contributed by atoms with Crippen molar-refractivity contribution >= 4 is 11.8 Å². The molecule has 0 atom stereocenters. The SMILES string of the molecule is CCCN(C(=O)Cc1ccc(-c2ccccc2)cc1)C1CCN(C(=O)c2ccccc2)CC1. The lowest BCUT2D eigenvalue weighted by atomic mass is 9.99. The molecular formula is C29H32N2O2. The number of amides is 2. The molecule has 3 aromatic rings. The van der Waals surface area contributed by atoms with Crippen molar-refractivity contribution in [3.63, 3.8) is 0 Å². The maximum atomic E-state index is 13.2. The highest BCUT2D eigenvalue weighted by molar-refractivity contribution is 5.94. The van der Waals surface area contributed by atoms with Crippen LogP contribution in [0.3, 0.4) is 0 Å². The predicted molar refractivity (Wildman–Crippen MR) is 133 cm³/mol. The molecule has 3 aromatic carbocycles. The Morgan fingerprint density at radius 2 is 1.39 bits per heavy atom. The number of hydrogen-bond donors (Lipinski definition) is 0. The molecule has 1 aliphatic heterocycles. The Bertz CT molecular complexity index is 1040. The van der Waals surface area contributed by atoms with Crippen LogP contribution in [0.15, 0.2) is 84.9 Å². The number of likely N-dealkylation sites (tertiary alicyclic amines) is 1. The molecule has 0 aliphatic carbocycles. The Morgan fingerprint density at radius 3 is 2.00 bits per heavy atom. The van der Waals surface area contributed by atoms with Gasteiger partial charge in [-0.05, 0) is 48.1 Å². The zero-order valence-corrected chi connectivity index (χ0v) is 19.3. The summed E-state index contributed by atoms with van der Waals surface area (Å²) in [5.74, 6) is 0.262. The van der Waals surface area contributed by atoms with Gasteiger partial charge in [-0.2, -0.15) is 0 Å². The van der Waals surface area contributed by atoms with Gasteiger partial charge in [0.15, 0.2) is 0 Å². The highest BCUT2D eigenvalue weighted by Gasteiger charge is 2.29. The quantitative estimate of drug-likeness (QED) is 0.491. The molecule has 0 bridgehead atoms. The van der Waals surface area contributed by atoms with Crippen LogP contribution in [0.1, 0.15) is 42.1 Å². The summed E-state index contributed by atoms with van der Waals surface area (Å²) in [5.41, 5.74) is 4.11. The number of benzene rings is 3. The van der Waals surface area contributed by atoms with Crippen LogP contribution in [0.25, 0.3) is 11.1 Å². The van der Waals surface area contributed by atoms with Crippen LogP contribution in [-0.2, 0) is 11.2 Å². The Kier molecular flexibility index (Phi) is 7.56. The average molecular weight is 441 g/mol. The Balaban J connectivity index is 1.36. The fourth-order valence-corrected chi connectivity index (χ4v) is 4.62. The van der Waals surface area contributed by atoms with Crippen LogP contribution < -0.4 is 0 Å². The smallest absolute Gasteiger partial charge is 0.253 e. The van der Waals surface area contributed by atoms with Crippen LogP contribution in [0.4, 0.5) is 0 Å². The lowest BCUT2D eigenvalue weighted by Crippen LogP contribution is -2.49. The third-order valence-corrected chi connectivity index (χ3v) is 6.41. The monoisotopic (exact) mass is 440 g/mol. The Hall–Kier alpha value is -3.40. The highest BCUT2D eigenvalue weighted by Crippen LogP contribution is 2.22. The first-order chi connectivity index (χ1) is 16.2. The topological polar surface area (TPSA) is 40.6 Å². The second-order valence-electron chi connectivity index (χ2n) is 8.72. The molecule has 1 fully saturated rings. The van der Waals surface area contributed by atoms with Gasteiger partial charge >= 0.3 is 0 Å². The highest BCUT2D eigenvalue weighted by atomic mass is 16.2. The minimum absolute atomic E-state index is 0.0842. The summed E-state index contributed by atoms with van der Waals surface area (Å²) in [5, 5.41) is 0. The molecule has 4 heteroatoms. The van der Waals surface area contributed by atoms with Crippen molar-refractivity contribution in [3.8, 4) is 11.1 Å². The average Bonchev–Trinajstić information content (AvgIpc) is 2.88. The fraction of sp³-hybridized carbons (Fsp3) is 0.310. The third-order valence-electron chi connectivity index (χ3n) is 6.41. The van der Waals surface area contributed by atoms with Gasteiger partial charge in [0.25, 0.3) is 5.91 Å². The van der Waals surface area contributed by atoms with E-state index in [1.165, 1.54) is 5.56 Å². The van der Waals surface area contributed by atoms with Crippen molar-refractivity contribution < 1.29 is 9.59 Å². The molecule has 4 rings (SSSR count). The van der Waals surface area contributed by atoms with E-state index in [2.05, 4.69) is 48.2 Å². The number of hydrogen-bond acceptors (Lipinski definition) is 2. The minimum atomic E-state index is 0.0842. The first kappa shape index (κ1) is 22.8. The van der Waals surface area contributed by atoms with Crippen LogP contribution in [-0.4, -0.2) is 47.3 Å². The number of carbonyl (C=O) groups excluding carboxylic acids is 2. The van der Waals surface area contributed by atoms with Crippen LogP contribution >= 0.6 is 0 Å². The van der Waals surface area contributed by atoms with E-state index in [9.17, 15) is 9.59 Å². The molecule has 0 unspecified atom stereocenters. The second-order valence-corrected chi connectivity index (χ2v) is 8.72. The molecule has 4 nitrogen and oxygen atoms in total. The van der Waals surface area contributed by atoms with Gasteiger partial charge < -0.3 is 9.80 Å². The van der Waals surface area contributed by atoms with E-state index in [-0.39, 0.29) is 17.9 Å². The fourth-order valence-electron chi connectivity index (χ4n) is 4.62. The molecule has 1 heterocycles. The lowest BCUT2D eigenvalue weighted by molar-refractivity contribution is -0.133. The summed E-state index contributed by atoms with van der Waals surface area (Å²) in [6, 6.07) is 28.2. The Labute approximate surface area is 196 Å². The van der Waals surface area contributed by atoms with E-state index in [0.717, 1.165) is 42.5 Å². The van der Waals surface area contributed by atoms with Gasteiger partial charge in [0, 0.05) is 31.2 Å². The third kappa shape index (κ3) is 5.70. The zero-order valence-electron chi connectivity index (χ0n) is 19.3. The van der Waals surface area contributed by atoms with E-state index < -0.39 is 0 Å². The van der Waals surface area contributed by atoms with Crippen molar-refractivity contribution in [3.05, 3.63) is 96.1 Å². The molecule has 0 saturated carbocycles. The van der Waals surface area contributed by atoms with E-state index >= 15 is 0 Å². The number of carbonyl (C=O) groups is 2. The zero-order chi connectivity index (χ0) is 23.0. The van der Waals surface area contributed by atoms with E-state index in [1.807, 2.05) is 53.4 Å². The van der Waals surface area contributed by atoms with E-state index in [4.69, 9.17) is 0 Å². The molecular weight excluding hydrogens is 408 g/mol. The first-order valence-electron chi connectivity index (χ1n) is 11.9. The maximum absolute atomic E-state index is 13.2. The number of rotatable bonds is 7. The molecule has 1 saturated heterocycles. The van der Waals surface area contributed by atoms with Crippen LogP contribution in [0.5, 0.6) is 0 Å². The predicted octanol–water partition coefficient (Wildman–Crippen LogP) is 5.44. The van der Waals surface area contributed by atoms with Gasteiger partial charge in [-0.25, -0.2) is 0 Å². The van der Waals surface area contributed by atoms with Crippen molar-refractivity contribution in [1.29, 1.82) is 0 Å². The molecule has 33 heavy (non-hydrogen) atoms. The standard InChI is InChI=1S/C29H32N2O2/c1-2-19-31(27-17-20-30(21-18-27)29(33)26-11-7-4-8-12-26)28(32)22-23-13-15-25(16-14-23)24-9-5-3-6-10-24/h3-16,27H,2,17-22H2,1H3. The molecule has 2 amide bonds. The molecule has 170 valence electrons. The maximum Gasteiger partial charge on any atom is 0.253 e. The number of piperidine rings is 1. The van der Waals surface area contributed by atoms with Gasteiger partial charge in [0.2, 0.25) is 5.91 Å². The van der Waals surface area contributed by atoms with Crippen molar-refractivity contribution in [2.24, 2.45) is 0 Å². The van der Waals surface area contributed by atoms with Crippen molar-refractivity contribution in [2.45, 2.75) is 38.6 Å². The van der Waals surface area contributed by atoms with Crippen molar-refractivity contribution in [1.82, 2.24) is 9.80 Å². The van der Waals surface area contributed by atoms with Gasteiger partial charge in [-0.1, -0.05) is 79.7 Å². The van der Waals surface area contributed by atoms with Gasteiger partial charge in [0.05, 0.1) is 6.42 Å². The second kappa shape index (κ2) is 11.0. The summed E-state index contributed by atoms with van der Waals surface area (Å²) in [6.07, 6.45) is 3.01. The molecule has 0 radical (unpaired) electrons. The van der Waals surface area contributed by atoms with Crippen LogP contribution in [0.2, 0.25) is 0 Å². The Morgan fingerprint density at radius 1 is 0.818 bits per heavy atom. The summed E-state index contributed by atoms with van der Waals surface area (Å²) in [6.45, 7) is 4.26. The molecule has 0 spiro atoms. The summed E-state index contributed by atoms with van der Waals surface area (Å²) in [7, 11) is 0. The summed E-state index contributed by atoms with van der Waals surface area (Å²) >= 11 is 0. The van der Waals surface area contributed by atoms with Gasteiger partial charge in [-0.3, -0.25) is 9.59 Å². The molecule has 0 aromatic heterocycles. The van der Waals surface area contributed by atoms with Gasteiger partial charge in [-0.15, -0.1) is 0 Å². The lowest BCUT2D eigenvalue weighted by Gasteiger charge is -2.38. The normalized spacial score (nSPS) is 14.2. The minimum Gasteiger partial charge on any atom is -0.339 e. The largest absolute Gasteiger partial charge is 0.339 e. The van der Waals surface area contributed by atoms with E-state index in [0.29, 0.717) is 19.5 Å². The number of nitrogens with zero attached hydrogens (tertiary/aromatic N) is 2. The summed E-state index contributed by atoms with van der Waals surface area (Å²) < 4.78 is 0. The summed E-state index contributed by atoms with van der Waals surface area (Å²) in [4.78, 5) is 30.0. The van der Waals surface area contributed by atoms with Gasteiger partial charge in [0.1, 0.15) is 0 Å².